The first kappa shape index (κ1) is 18.7. The maximum Gasteiger partial charge on any atom is 0.416 e. The van der Waals surface area contributed by atoms with Gasteiger partial charge in [0.15, 0.2) is 5.96 Å². The molecular formula is C20H19F3N4. The number of para-hydroxylation sites is 1. The third kappa shape index (κ3) is 4.75. The van der Waals surface area contributed by atoms with Crippen LogP contribution < -0.4 is 10.6 Å². The first-order valence-corrected chi connectivity index (χ1v) is 8.40. The number of alkyl halides is 3. The van der Waals surface area contributed by atoms with Crippen LogP contribution in [0.1, 0.15) is 16.7 Å². The molecule has 2 N–H and O–H groups in total. The zero-order valence-electron chi connectivity index (χ0n) is 14.7. The summed E-state index contributed by atoms with van der Waals surface area (Å²) in [5.74, 6) is 0.558. The number of pyridine rings is 1. The van der Waals surface area contributed by atoms with Crippen molar-refractivity contribution in [1.29, 1.82) is 0 Å². The fourth-order valence-electron chi connectivity index (χ4n) is 2.71. The Bertz CT molecular complexity index is 929. The van der Waals surface area contributed by atoms with Crippen molar-refractivity contribution >= 4 is 16.9 Å². The van der Waals surface area contributed by atoms with Crippen LogP contribution in [0.2, 0.25) is 0 Å². The maximum absolute atomic E-state index is 12.6. The van der Waals surface area contributed by atoms with E-state index in [0.717, 1.165) is 34.2 Å². The number of benzene rings is 2. The molecule has 4 nitrogen and oxygen atoms in total. The summed E-state index contributed by atoms with van der Waals surface area (Å²) in [5.41, 5.74) is 2.03. The summed E-state index contributed by atoms with van der Waals surface area (Å²) in [4.78, 5) is 8.56. The normalized spacial score (nSPS) is 12.2. The molecule has 0 bridgehead atoms. The number of nitrogens with one attached hydrogen (secondary N) is 2. The largest absolute Gasteiger partial charge is 0.416 e. The van der Waals surface area contributed by atoms with Crippen molar-refractivity contribution in [2.45, 2.75) is 19.3 Å². The molecule has 1 aromatic heterocycles. The van der Waals surface area contributed by atoms with Gasteiger partial charge in [-0.05, 0) is 29.3 Å². The number of hydrogen-bond acceptors (Lipinski definition) is 2. The van der Waals surface area contributed by atoms with Crippen molar-refractivity contribution in [3.63, 3.8) is 0 Å². The van der Waals surface area contributed by atoms with E-state index in [9.17, 15) is 13.2 Å². The van der Waals surface area contributed by atoms with Crippen molar-refractivity contribution in [3.05, 3.63) is 77.5 Å². The van der Waals surface area contributed by atoms with E-state index < -0.39 is 11.7 Å². The van der Waals surface area contributed by atoms with E-state index in [1.165, 1.54) is 12.1 Å². The SMILES string of the molecule is CN=C(NCc1ccc(C(F)(F)F)cc1)NCc1cccc2cccnc12. The summed E-state index contributed by atoms with van der Waals surface area (Å²) < 4.78 is 37.8. The van der Waals surface area contributed by atoms with Crippen LogP contribution in [0.5, 0.6) is 0 Å². The first-order valence-electron chi connectivity index (χ1n) is 8.40. The highest BCUT2D eigenvalue weighted by molar-refractivity contribution is 5.83. The van der Waals surface area contributed by atoms with Gasteiger partial charge in [0.1, 0.15) is 0 Å². The average molecular weight is 372 g/mol. The van der Waals surface area contributed by atoms with Gasteiger partial charge in [-0.3, -0.25) is 9.98 Å². The second-order valence-corrected chi connectivity index (χ2v) is 5.97. The number of rotatable bonds is 4. The minimum atomic E-state index is -4.32. The molecule has 7 heteroatoms. The Kier molecular flexibility index (Phi) is 5.59. The minimum Gasteiger partial charge on any atom is -0.352 e. The molecule has 0 unspecified atom stereocenters. The third-order valence-corrected chi connectivity index (χ3v) is 4.13. The molecule has 0 fully saturated rings. The quantitative estimate of drug-likeness (QED) is 0.535. The van der Waals surface area contributed by atoms with Gasteiger partial charge in [-0.1, -0.05) is 36.4 Å². The molecule has 0 radical (unpaired) electrons. The molecule has 3 rings (SSSR count). The molecule has 140 valence electrons. The number of fused-ring (bicyclic) bond motifs is 1. The Morgan fingerprint density at radius 1 is 0.963 bits per heavy atom. The van der Waals surface area contributed by atoms with Crippen LogP contribution in [0, 0.1) is 0 Å². The highest BCUT2D eigenvalue weighted by Crippen LogP contribution is 2.29. The number of nitrogens with zero attached hydrogens (tertiary/aromatic N) is 2. The molecule has 0 saturated heterocycles. The fraction of sp³-hybridized carbons (Fsp3) is 0.200. The van der Waals surface area contributed by atoms with Gasteiger partial charge in [-0.15, -0.1) is 0 Å². The third-order valence-electron chi connectivity index (χ3n) is 4.13. The van der Waals surface area contributed by atoms with E-state index in [1.54, 1.807) is 13.2 Å². The zero-order valence-corrected chi connectivity index (χ0v) is 14.7. The van der Waals surface area contributed by atoms with Crippen LogP contribution in [0.3, 0.4) is 0 Å². The summed E-state index contributed by atoms with van der Waals surface area (Å²) in [5, 5.41) is 7.36. The van der Waals surface area contributed by atoms with Crippen molar-refractivity contribution in [3.8, 4) is 0 Å². The van der Waals surface area contributed by atoms with Crippen LogP contribution in [-0.2, 0) is 19.3 Å². The number of hydrogen-bond donors (Lipinski definition) is 2. The Balaban J connectivity index is 1.60. The molecule has 0 aliphatic rings. The first-order chi connectivity index (χ1) is 13.0. The van der Waals surface area contributed by atoms with Gasteiger partial charge in [-0.2, -0.15) is 13.2 Å². The maximum atomic E-state index is 12.6. The molecule has 0 spiro atoms. The molecule has 1 heterocycles. The van der Waals surface area contributed by atoms with Gasteiger partial charge in [0, 0.05) is 31.7 Å². The lowest BCUT2D eigenvalue weighted by Crippen LogP contribution is -2.36. The van der Waals surface area contributed by atoms with Gasteiger partial charge in [0.2, 0.25) is 0 Å². The van der Waals surface area contributed by atoms with Crippen LogP contribution in [0.4, 0.5) is 13.2 Å². The number of halogens is 3. The number of aromatic nitrogens is 1. The Morgan fingerprint density at radius 2 is 1.67 bits per heavy atom. The molecule has 0 saturated carbocycles. The van der Waals surface area contributed by atoms with E-state index in [1.807, 2.05) is 30.3 Å². The van der Waals surface area contributed by atoms with Gasteiger partial charge < -0.3 is 10.6 Å². The predicted molar refractivity (Wildman–Crippen MR) is 100 cm³/mol. The van der Waals surface area contributed by atoms with Crippen LogP contribution in [0.15, 0.2) is 65.8 Å². The van der Waals surface area contributed by atoms with Gasteiger partial charge in [0.25, 0.3) is 0 Å². The highest BCUT2D eigenvalue weighted by atomic mass is 19.4. The van der Waals surface area contributed by atoms with Crippen LogP contribution >= 0.6 is 0 Å². The summed E-state index contributed by atoms with van der Waals surface area (Å²) in [7, 11) is 1.64. The molecule has 0 atom stereocenters. The van der Waals surface area contributed by atoms with E-state index in [0.29, 0.717) is 19.0 Å². The molecule has 0 aliphatic heterocycles. The molecular weight excluding hydrogens is 353 g/mol. The lowest BCUT2D eigenvalue weighted by atomic mass is 10.1. The van der Waals surface area contributed by atoms with Crippen LogP contribution in [-0.4, -0.2) is 18.0 Å². The molecule has 0 aliphatic carbocycles. The van der Waals surface area contributed by atoms with Crippen molar-refractivity contribution in [2.24, 2.45) is 4.99 Å². The van der Waals surface area contributed by atoms with Crippen LogP contribution in [0.25, 0.3) is 10.9 Å². The smallest absolute Gasteiger partial charge is 0.352 e. The van der Waals surface area contributed by atoms with Crippen molar-refractivity contribution < 1.29 is 13.2 Å². The monoisotopic (exact) mass is 372 g/mol. The Morgan fingerprint density at radius 3 is 2.37 bits per heavy atom. The predicted octanol–water partition coefficient (Wildman–Crippen LogP) is 4.12. The van der Waals surface area contributed by atoms with E-state index in [2.05, 4.69) is 20.6 Å². The van der Waals surface area contributed by atoms with Crippen molar-refractivity contribution in [1.82, 2.24) is 15.6 Å². The summed E-state index contributed by atoms with van der Waals surface area (Å²) in [6.45, 7) is 0.895. The standard InChI is InChI=1S/C20H19F3N4/c1-24-19(26-12-14-7-9-17(10-8-14)20(21,22)23)27-13-16-5-2-4-15-6-3-11-25-18(15)16/h2-11H,12-13H2,1H3,(H2,24,26,27). The van der Waals surface area contributed by atoms with E-state index >= 15 is 0 Å². The topological polar surface area (TPSA) is 49.3 Å². The zero-order chi connectivity index (χ0) is 19.3. The van der Waals surface area contributed by atoms with Gasteiger partial charge in [-0.25, -0.2) is 0 Å². The summed E-state index contributed by atoms with van der Waals surface area (Å²) >= 11 is 0. The second kappa shape index (κ2) is 8.07. The highest BCUT2D eigenvalue weighted by Gasteiger charge is 2.29. The second-order valence-electron chi connectivity index (χ2n) is 5.97. The molecule has 3 aromatic rings. The summed E-state index contributed by atoms with van der Waals surface area (Å²) in [6.07, 6.45) is -2.57. The number of aliphatic imine (C=N–C) groups is 1. The van der Waals surface area contributed by atoms with E-state index in [-0.39, 0.29) is 0 Å². The molecule has 2 aromatic carbocycles. The van der Waals surface area contributed by atoms with E-state index in [4.69, 9.17) is 0 Å². The lowest BCUT2D eigenvalue weighted by molar-refractivity contribution is -0.137. The Hall–Kier alpha value is -3.09. The van der Waals surface area contributed by atoms with Crippen molar-refractivity contribution in [2.75, 3.05) is 7.05 Å². The number of guanidine groups is 1. The summed E-state index contributed by atoms with van der Waals surface area (Å²) in [6, 6.07) is 14.9. The Labute approximate surface area is 155 Å². The fourth-order valence-corrected chi connectivity index (χ4v) is 2.71. The molecule has 0 amide bonds. The average Bonchev–Trinajstić information content (AvgIpc) is 2.68. The lowest BCUT2D eigenvalue weighted by Gasteiger charge is -2.13. The van der Waals surface area contributed by atoms with Gasteiger partial charge >= 0.3 is 6.18 Å². The molecule has 27 heavy (non-hydrogen) atoms. The minimum absolute atomic E-state index is 0.367. The van der Waals surface area contributed by atoms with Gasteiger partial charge in [0.05, 0.1) is 11.1 Å².